The van der Waals surface area contributed by atoms with Crippen molar-refractivity contribution in [3.8, 4) is 0 Å². The molecule has 1 aliphatic heterocycles. The summed E-state index contributed by atoms with van der Waals surface area (Å²) < 4.78 is 14.6. The van der Waals surface area contributed by atoms with Crippen LogP contribution in [0.5, 0.6) is 0 Å². The van der Waals surface area contributed by atoms with Crippen LogP contribution in [-0.2, 0) is 13.6 Å². The number of aromatic nitrogens is 4. The Labute approximate surface area is 185 Å². The molecule has 3 heterocycles. The summed E-state index contributed by atoms with van der Waals surface area (Å²) in [4.78, 5) is 36.5. The van der Waals surface area contributed by atoms with Gasteiger partial charge in [-0.1, -0.05) is 12.1 Å². The molecule has 8 nitrogen and oxygen atoms in total. The molecule has 0 spiro atoms. The lowest BCUT2D eigenvalue weighted by atomic mass is 10.00. The molecule has 1 aliphatic rings. The topological polar surface area (TPSA) is 93.0 Å². The minimum absolute atomic E-state index is 0.0924. The average molecular weight is 436 g/mol. The molecule has 2 amide bonds. The normalized spacial score (nSPS) is 16.1. The lowest BCUT2D eigenvalue weighted by molar-refractivity contribution is 0.0599. The van der Waals surface area contributed by atoms with Gasteiger partial charge in [0, 0.05) is 32.5 Å². The van der Waals surface area contributed by atoms with Gasteiger partial charge in [0.2, 0.25) is 0 Å². The number of hydrogen-bond donors (Lipinski definition) is 1. The first kappa shape index (κ1) is 21.6. The molecule has 3 aromatic rings. The molecule has 166 valence electrons. The Bertz CT molecular complexity index is 1130. The number of aryl methyl sites for hydroxylation is 2. The first-order valence-corrected chi connectivity index (χ1v) is 10.6. The molecule has 0 bridgehead atoms. The van der Waals surface area contributed by atoms with Crippen LogP contribution in [0, 0.1) is 12.7 Å². The highest BCUT2D eigenvalue weighted by molar-refractivity contribution is 5.95. The second kappa shape index (κ2) is 9.25. The maximum Gasteiger partial charge on any atom is 0.257 e. The van der Waals surface area contributed by atoms with Gasteiger partial charge in [-0.3, -0.25) is 14.3 Å². The minimum atomic E-state index is -0.321. The molecular weight excluding hydrogens is 411 g/mol. The maximum atomic E-state index is 13.0. The fraction of sp³-hybridized carbons (Fsp3) is 0.348. The summed E-state index contributed by atoms with van der Waals surface area (Å²) in [7, 11) is 1.77. The lowest BCUT2D eigenvalue weighted by Crippen LogP contribution is -2.39. The zero-order valence-corrected chi connectivity index (χ0v) is 18.1. The van der Waals surface area contributed by atoms with E-state index in [4.69, 9.17) is 0 Å². The number of carbonyl (C=O) groups is 2. The van der Waals surface area contributed by atoms with E-state index < -0.39 is 0 Å². The zero-order chi connectivity index (χ0) is 22.7. The summed E-state index contributed by atoms with van der Waals surface area (Å²) >= 11 is 0. The summed E-state index contributed by atoms with van der Waals surface area (Å²) in [5.41, 5.74) is 2.25. The third-order valence-corrected chi connectivity index (χ3v) is 5.62. The molecule has 1 N–H and O–H groups in total. The van der Waals surface area contributed by atoms with E-state index in [0.29, 0.717) is 29.2 Å². The second-order valence-electron chi connectivity index (χ2n) is 7.95. The lowest BCUT2D eigenvalue weighted by Gasteiger charge is -2.34. The summed E-state index contributed by atoms with van der Waals surface area (Å²) in [6, 6.07) is 5.71. The van der Waals surface area contributed by atoms with Crippen molar-refractivity contribution in [2.75, 3.05) is 6.54 Å². The Morgan fingerprint density at radius 1 is 1.19 bits per heavy atom. The summed E-state index contributed by atoms with van der Waals surface area (Å²) in [5, 5.41) is 6.90. The van der Waals surface area contributed by atoms with Crippen LogP contribution in [-0.4, -0.2) is 43.0 Å². The van der Waals surface area contributed by atoms with E-state index >= 15 is 0 Å². The van der Waals surface area contributed by atoms with Gasteiger partial charge < -0.3 is 10.2 Å². The van der Waals surface area contributed by atoms with Crippen molar-refractivity contribution in [3.05, 3.63) is 76.9 Å². The SMILES string of the molecule is Cc1nc([C@H]2CCCCN2C(=O)c2cnn(C)c2)ncc1C(=O)NCc1ccc(F)cc1. The average Bonchev–Trinajstić information content (AvgIpc) is 3.24. The number of halogens is 1. The number of hydrogen-bond acceptors (Lipinski definition) is 5. The van der Waals surface area contributed by atoms with Crippen LogP contribution < -0.4 is 5.32 Å². The highest BCUT2D eigenvalue weighted by Crippen LogP contribution is 2.30. The van der Waals surface area contributed by atoms with E-state index in [-0.39, 0.29) is 30.2 Å². The van der Waals surface area contributed by atoms with Gasteiger partial charge >= 0.3 is 0 Å². The molecule has 0 aliphatic carbocycles. The van der Waals surface area contributed by atoms with E-state index in [2.05, 4.69) is 20.4 Å². The Morgan fingerprint density at radius 2 is 1.97 bits per heavy atom. The third-order valence-electron chi connectivity index (χ3n) is 5.62. The number of benzene rings is 1. The molecule has 9 heteroatoms. The van der Waals surface area contributed by atoms with E-state index in [1.165, 1.54) is 18.3 Å². The first-order chi connectivity index (χ1) is 15.4. The first-order valence-electron chi connectivity index (χ1n) is 10.6. The van der Waals surface area contributed by atoms with Crippen LogP contribution in [0.1, 0.15) is 63.1 Å². The molecule has 1 atom stereocenters. The number of rotatable bonds is 5. The third kappa shape index (κ3) is 4.66. The highest BCUT2D eigenvalue weighted by Gasteiger charge is 2.31. The molecule has 32 heavy (non-hydrogen) atoms. The smallest absolute Gasteiger partial charge is 0.257 e. The van der Waals surface area contributed by atoms with Crippen LogP contribution in [0.15, 0.2) is 42.9 Å². The molecule has 2 aromatic heterocycles. The molecule has 4 rings (SSSR count). The summed E-state index contributed by atoms with van der Waals surface area (Å²) in [6.07, 6.45) is 7.44. The fourth-order valence-electron chi connectivity index (χ4n) is 3.89. The number of nitrogens with one attached hydrogen (secondary N) is 1. The number of amides is 2. The summed E-state index contributed by atoms with van der Waals surface area (Å²) in [6.45, 7) is 2.66. The molecule has 0 saturated carbocycles. The maximum absolute atomic E-state index is 13.0. The van der Waals surface area contributed by atoms with Crippen LogP contribution >= 0.6 is 0 Å². The van der Waals surface area contributed by atoms with Crippen molar-refractivity contribution in [1.29, 1.82) is 0 Å². The predicted molar refractivity (Wildman–Crippen MR) is 115 cm³/mol. The molecule has 0 unspecified atom stereocenters. The van der Waals surface area contributed by atoms with Crippen molar-refractivity contribution in [1.82, 2.24) is 30.0 Å². The van der Waals surface area contributed by atoms with Gasteiger partial charge in [0.25, 0.3) is 11.8 Å². The Morgan fingerprint density at radius 3 is 2.66 bits per heavy atom. The quantitative estimate of drug-likeness (QED) is 0.664. The van der Waals surface area contributed by atoms with Crippen molar-refractivity contribution in [3.63, 3.8) is 0 Å². The van der Waals surface area contributed by atoms with E-state index in [9.17, 15) is 14.0 Å². The Kier molecular flexibility index (Phi) is 6.25. The number of nitrogens with zero attached hydrogens (tertiary/aromatic N) is 5. The van der Waals surface area contributed by atoms with Gasteiger partial charge in [-0.25, -0.2) is 14.4 Å². The minimum Gasteiger partial charge on any atom is -0.348 e. The van der Waals surface area contributed by atoms with Gasteiger partial charge in [-0.2, -0.15) is 5.10 Å². The van der Waals surface area contributed by atoms with Gasteiger partial charge in [-0.15, -0.1) is 0 Å². The van der Waals surface area contributed by atoms with Crippen molar-refractivity contribution in [2.45, 2.75) is 38.8 Å². The number of carbonyl (C=O) groups excluding carboxylic acids is 2. The van der Waals surface area contributed by atoms with Crippen molar-refractivity contribution >= 4 is 11.8 Å². The summed E-state index contributed by atoms with van der Waals surface area (Å²) in [5.74, 6) is -0.177. The van der Waals surface area contributed by atoms with Crippen LogP contribution in [0.4, 0.5) is 4.39 Å². The second-order valence-corrected chi connectivity index (χ2v) is 7.95. The van der Waals surface area contributed by atoms with Gasteiger partial charge in [0.1, 0.15) is 5.82 Å². The largest absolute Gasteiger partial charge is 0.348 e. The van der Waals surface area contributed by atoms with Crippen LogP contribution in [0.2, 0.25) is 0 Å². The number of piperidine rings is 1. The highest BCUT2D eigenvalue weighted by atomic mass is 19.1. The fourth-order valence-corrected chi connectivity index (χ4v) is 3.89. The Balaban J connectivity index is 1.48. The van der Waals surface area contributed by atoms with E-state index in [1.54, 1.807) is 48.1 Å². The monoisotopic (exact) mass is 436 g/mol. The van der Waals surface area contributed by atoms with Crippen molar-refractivity contribution in [2.24, 2.45) is 7.05 Å². The molecule has 0 radical (unpaired) electrons. The van der Waals surface area contributed by atoms with Crippen LogP contribution in [0.3, 0.4) is 0 Å². The number of likely N-dealkylation sites (tertiary alicyclic amines) is 1. The van der Waals surface area contributed by atoms with E-state index in [1.807, 2.05) is 0 Å². The van der Waals surface area contributed by atoms with Crippen molar-refractivity contribution < 1.29 is 14.0 Å². The van der Waals surface area contributed by atoms with Gasteiger partial charge in [-0.05, 0) is 43.9 Å². The van der Waals surface area contributed by atoms with Gasteiger partial charge in [0.05, 0.1) is 29.1 Å². The van der Waals surface area contributed by atoms with E-state index in [0.717, 1.165) is 24.8 Å². The molecular formula is C23H25FN6O2. The standard InChI is InChI=1S/C23H25FN6O2/c1-15-19(22(31)26-11-16-6-8-18(24)9-7-16)13-25-21(28-15)20-5-3-4-10-30(20)23(32)17-12-27-29(2)14-17/h6-9,12-14,20H,3-5,10-11H2,1-2H3,(H,26,31)/t20-/m1/s1. The van der Waals surface area contributed by atoms with Crippen LogP contribution in [0.25, 0.3) is 0 Å². The molecule has 1 aromatic carbocycles. The Hall–Kier alpha value is -3.62. The predicted octanol–water partition coefficient (Wildman–Crippen LogP) is 2.96. The molecule has 1 fully saturated rings. The molecule has 1 saturated heterocycles. The zero-order valence-electron chi connectivity index (χ0n) is 18.1. The van der Waals surface area contributed by atoms with Gasteiger partial charge in [0.15, 0.2) is 5.82 Å².